The third kappa shape index (κ3) is 2.89. The van der Waals surface area contributed by atoms with Crippen molar-refractivity contribution in [3.63, 3.8) is 0 Å². The highest BCUT2D eigenvalue weighted by molar-refractivity contribution is 7.84. The Morgan fingerprint density at radius 2 is 1.82 bits per heavy atom. The Balaban J connectivity index is 1.88. The van der Waals surface area contributed by atoms with Crippen molar-refractivity contribution in [2.75, 3.05) is 11.6 Å². The van der Waals surface area contributed by atoms with Crippen LogP contribution in [0.5, 0.6) is 0 Å². The number of fused-ring (bicyclic) bond motifs is 1. The molecule has 0 aliphatic heterocycles. The monoisotopic (exact) mass is 310 g/mol. The van der Waals surface area contributed by atoms with E-state index < -0.39 is 10.8 Å². The van der Waals surface area contributed by atoms with E-state index in [1.165, 1.54) is 0 Å². The highest BCUT2D eigenvalue weighted by Crippen LogP contribution is 2.22. The average Bonchev–Trinajstić information content (AvgIpc) is 2.55. The van der Waals surface area contributed by atoms with Gasteiger partial charge < -0.3 is 5.32 Å². The Hall–Kier alpha value is -2.53. The fourth-order valence-electron chi connectivity index (χ4n) is 2.20. The van der Waals surface area contributed by atoms with Gasteiger partial charge in [-0.2, -0.15) is 0 Å². The Morgan fingerprint density at radius 3 is 2.55 bits per heavy atom. The molecule has 3 aromatic rings. The first kappa shape index (κ1) is 14.4. The van der Waals surface area contributed by atoms with E-state index in [1.807, 2.05) is 30.3 Å². The van der Waals surface area contributed by atoms with E-state index in [1.54, 1.807) is 36.7 Å². The van der Waals surface area contributed by atoms with E-state index in [4.69, 9.17) is 0 Å². The lowest BCUT2D eigenvalue weighted by Crippen LogP contribution is -2.12. The molecule has 3 rings (SSSR count). The molecular weight excluding hydrogens is 296 g/mol. The molecule has 4 nitrogen and oxygen atoms in total. The summed E-state index contributed by atoms with van der Waals surface area (Å²) >= 11 is 0. The number of hydrogen-bond acceptors (Lipinski definition) is 3. The van der Waals surface area contributed by atoms with Crippen LogP contribution >= 0.6 is 0 Å². The van der Waals surface area contributed by atoms with Crippen molar-refractivity contribution in [2.45, 2.75) is 4.90 Å². The van der Waals surface area contributed by atoms with Gasteiger partial charge in [-0.15, -0.1) is 0 Å². The van der Waals surface area contributed by atoms with Crippen LogP contribution in [0.4, 0.5) is 5.69 Å². The number of nitrogens with zero attached hydrogens (tertiary/aromatic N) is 1. The van der Waals surface area contributed by atoms with Crippen molar-refractivity contribution in [1.82, 2.24) is 4.98 Å². The first-order chi connectivity index (χ1) is 10.6. The van der Waals surface area contributed by atoms with Crippen molar-refractivity contribution in [3.05, 3.63) is 66.4 Å². The summed E-state index contributed by atoms with van der Waals surface area (Å²) in [5, 5.41) is 3.79. The first-order valence-corrected chi connectivity index (χ1v) is 8.29. The molecule has 1 heterocycles. The Kier molecular flexibility index (Phi) is 3.98. The Bertz CT molecular complexity index is 855. The number of rotatable bonds is 3. The van der Waals surface area contributed by atoms with Gasteiger partial charge in [-0.3, -0.25) is 14.0 Å². The van der Waals surface area contributed by atoms with E-state index in [9.17, 15) is 9.00 Å². The Morgan fingerprint density at radius 1 is 1.05 bits per heavy atom. The van der Waals surface area contributed by atoms with Gasteiger partial charge in [-0.25, -0.2) is 0 Å². The summed E-state index contributed by atoms with van der Waals surface area (Å²) in [6, 6.07) is 16.1. The summed E-state index contributed by atoms with van der Waals surface area (Å²) in [4.78, 5) is 17.3. The average molecular weight is 310 g/mol. The molecule has 1 amide bonds. The summed E-state index contributed by atoms with van der Waals surface area (Å²) in [7, 11) is -1.05. The van der Waals surface area contributed by atoms with Gasteiger partial charge >= 0.3 is 0 Å². The lowest BCUT2D eigenvalue weighted by atomic mass is 10.1. The third-order valence-electron chi connectivity index (χ3n) is 3.34. The maximum atomic E-state index is 12.3. The molecule has 2 aromatic carbocycles. The molecule has 110 valence electrons. The topological polar surface area (TPSA) is 59.1 Å². The second-order valence-corrected chi connectivity index (χ2v) is 6.19. The molecule has 0 fully saturated rings. The van der Waals surface area contributed by atoms with E-state index in [-0.39, 0.29) is 5.91 Å². The van der Waals surface area contributed by atoms with Crippen molar-refractivity contribution in [1.29, 1.82) is 0 Å². The van der Waals surface area contributed by atoms with Crippen LogP contribution in [-0.4, -0.2) is 21.4 Å². The number of anilines is 1. The van der Waals surface area contributed by atoms with Crippen LogP contribution < -0.4 is 5.32 Å². The largest absolute Gasteiger partial charge is 0.321 e. The number of carbonyl (C=O) groups excluding carboxylic acids is 1. The molecule has 1 N–H and O–H groups in total. The van der Waals surface area contributed by atoms with Crippen molar-refractivity contribution in [2.24, 2.45) is 0 Å². The van der Waals surface area contributed by atoms with E-state index in [0.717, 1.165) is 16.6 Å². The molecule has 1 atom stereocenters. The number of hydrogen-bond donors (Lipinski definition) is 1. The number of aromatic nitrogens is 1. The highest BCUT2D eigenvalue weighted by Gasteiger charge is 2.09. The van der Waals surface area contributed by atoms with Gasteiger partial charge in [-0.1, -0.05) is 6.07 Å². The summed E-state index contributed by atoms with van der Waals surface area (Å²) < 4.78 is 11.4. The number of carbonyl (C=O) groups is 1. The van der Waals surface area contributed by atoms with E-state index in [0.29, 0.717) is 10.5 Å². The highest BCUT2D eigenvalue weighted by atomic mass is 32.2. The molecule has 0 saturated heterocycles. The summed E-state index contributed by atoms with van der Waals surface area (Å²) in [5.74, 6) is -0.204. The molecule has 0 radical (unpaired) electrons. The predicted octanol–water partition coefficient (Wildman–Crippen LogP) is 3.22. The fourth-order valence-corrected chi connectivity index (χ4v) is 2.72. The van der Waals surface area contributed by atoms with Crippen LogP contribution in [-0.2, 0) is 10.8 Å². The minimum absolute atomic E-state index is 0.204. The second-order valence-electron chi connectivity index (χ2n) is 4.81. The molecule has 0 aliphatic rings. The minimum Gasteiger partial charge on any atom is -0.321 e. The van der Waals surface area contributed by atoms with Gasteiger partial charge in [0.05, 0.1) is 11.2 Å². The molecule has 0 spiro atoms. The van der Waals surface area contributed by atoms with Gasteiger partial charge in [0.2, 0.25) is 0 Å². The number of nitrogens with one attached hydrogen (secondary N) is 1. The molecule has 0 saturated carbocycles. The minimum atomic E-state index is -1.05. The molecule has 0 aliphatic carbocycles. The van der Waals surface area contributed by atoms with Crippen LogP contribution in [0.25, 0.3) is 10.9 Å². The van der Waals surface area contributed by atoms with E-state index >= 15 is 0 Å². The van der Waals surface area contributed by atoms with Gasteiger partial charge in [0.25, 0.3) is 5.91 Å². The zero-order chi connectivity index (χ0) is 15.5. The number of pyridine rings is 1. The zero-order valence-corrected chi connectivity index (χ0v) is 12.8. The molecule has 0 bridgehead atoms. The molecule has 1 aromatic heterocycles. The maximum Gasteiger partial charge on any atom is 0.255 e. The van der Waals surface area contributed by atoms with E-state index in [2.05, 4.69) is 10.3 Å². The molecule has 22 heavy (non-hydrogen) atoms. The van der Waals surface area contributed by atoms with Gasteiger partial charge in [-0.05, 0) is 48.5 Å². The summed E-state index contributed by atoms with van der Waals surface area (Å²) in [5.41, 5.74) is 2.07. The number of benzene rings is 2. The van der Waals surface area contributed by atoms with Crippen LogP contribution in [0.3, 0.4) is 0 Å². The fraction of sp³-hybridized carbons (Fsp3) is 0.0588. The SMILES string of the molecule is C[S@@](=O)c1ccc(C(=O)Nc2cccc3ncccc23)cc1. The van der Waals surface area contributed by atoms with Crippen molar-refractivity contribution < 1.29 is 9.00 Å². The molecule has 0 unspecified atom stereocenters. The first-order valence-electron chi connectivity index (χ1n) is 6.74. The van der Waals surface area contributed by atoms with Crippen molar-refractivity contribution in [3.8, 4) is 0 Å². The third-order valence-corrected chi connectivity index (χ3v) is 4.28. The van der Waals surface area contributed by atoms with Crippen molar-refractivity contribution >= 4 is 33.3 Å². The Labute approximate surface area is 130 Å². The summed E-state index contributed by atoms with van der Waals surface area (Å²) in [6.45, 7) is 0. The van der Waals surface area contributed by atoms with Gasteiger partial charge in [0.1, 0.15) is 0 Å². The molecule has 5 heteroatoms. The summed E-state index contributed by atoms with van der Waals surface area (Å²) in [6.07, 6.45) is 3.33. The predicted molar refractivity (Wildman–Crippen MR) is 88.5 cm³/mol. The van der Waals surface area contributed by atoms with Crippen LogP contribution in [0.15, 0.2) is 65.7 Å². The lowest BCUT2D eigenvalue weighted by Gasteiger charge is -2.08. The molecular formula is C17H14N2O2S. The lowest BCUT2D eigenvalue weighted by molar-refractivity contribution is 0.102. The van der Waals surface area contributed by atoms with Crippen LogP contribution in [0.2, 0.25) is 0 Å². The standard InChI is InChI=1S/C17H14N2O2S/c1-22(21)13-9-7-12(8-10-13)17(20)19-16-6-2-5-15-14(16)4-3-11-18-15/h2-11H,1H3,(H,19,20)/t22-/m1/s1. The quantitative estimate of drug-likeness (QED) is 0.808. The van der Waals surface area contributed by atoms with Gasteiger partial charge in [0, 0.05) is 39.1 Å². The van der Waals surface area contributed by atoms with Crippen LogP contribution in [0.1, 0.15) is 10.4 Å². The smallest absolute Gasteiger partial charge is 0.255 e. The number of amides is 1. The maximum absolute atomic E-state index is 12.3. The van der Waals surface area contributed by atoms with Gasteiger partial charge in [0.15, 0.2) is 0 Å². The second kappa shape index (κ2) is 6.07. The normalized spacial score (nSPS) is 12.0. The zero-order valence-electron chi connectivity index (χ0n) is 11.9. The van der Waals surface area contributed by atoms with Crippen LogP contribution in [0, 0.1) is 0 Å².